The first-order chi connectivity index (χ1) is 11.2. The van der Waals surface area contributed by atoms with Crippen LogP contribution in [0.4, 0.5) is 10.5 Å². The number of anilines is 1. The van der Waals surface area contributed by atoms with Crippen molar-refractivity contribution in [2.75, 3.05) is 11.9 Å². The lowest BCUT2D eigenvalue weighted by atomic mass is 10.1. The fraction of sp³-hybridized carbons (Fsp3) is 0.353. The van der Waals surface area contributed by atoms with Gasteiger partial charge in [-0.05, 0) is 25.0 Å². The fourth-order valence-corrected chi connectivity index (χ4v) is 2.94. The van der Waals surface area contributed by atoms with E-state index in [1.165, 1.54) is 11.8 Å². The van der Waals surface area contributed by atoms with Crippen LogP contribution in [0.15, 0.2) is 48.8 Å². The maximum atomic E-state index is 12.1. The maximum absolute atomic E-state index is 12.1. The number of amides is 2. The first-order valence-electron chi connectivity index (χ1n) is 7.84. The summed E-state index contributed by atoms with van der Waals surface area (Å²) >= 11 is 0. The van der Waals surface area contributed by atoms with Gasteiger partial charge in [-0.25, -0.2) is 4.79 Å². The van der Waals surface area contributed by atoms with Crippen LogP contribution in [0.2, 0.25) is 0 Å². The van der Waals surface area contributed by atoms with E-state index in [0.717, 1.165) is 19.5 Å². The molecule has 1 aromatic carbocycles. The zero-order valence-corrected chi connectivity index (χ0v) is 13.1. The second-order valence-corrected chi connectivity index (χ2v) is 5.82. The number of nitrogens with one attached hydrogen (secondary N) is 2. The van der Waals surface area contributed by atoms with Crippen molar-refractivity contribution in [2.45, 2.75) is 32.0 Å². The van der Waals surface area contributed by atoms with E-state index >= 15 is 0 Å². The van der Waals surface area contributed by atoms with E-state index in [-0.39, 0.29) is 12.1 Å². The largest absolute Gasteiger partial charge is 0.334 e. The van der Waals surface area contributed by atoms with E-state index in [2.05, 4.69) is 56.9 Å². The number of carbonyl (C=O) groups is 1. The van der Waals surface area contributed by atoms with Crippen LogP contribution >= 0.6 is 0 Å². The number of likely N-dealkylation sites (tertiary alicyclic amines) is 1. The summed E-state index contributed by atoms with van der Waals surface area (Å²) in [5.41, 5.74) is 1.94. The second kappa shape index (κ2) is 7.19. The molecule has 2 atom stereocenters. The molecule has 1 fully saturated rings. The van der Waals surface area contributed by atoms with Crippen LogP contribution in [0.25, 0.3) is 0 Å². The number of rotatable bonds is 4. The highest BCUT2D eigenvalue weighted by molar-refractivity contribution is 5.89. The molecule has 0 saturated carbocycles. The lowest BCUT2D eigenvalue weighted by Gasteiger charge is -2.25. The fourth-order valence-electron chi connectivity index (χ4n) is 2.94. The van der Waals surface area contributed by atoms with Gasteiger partial charge in [0.1, 0.15) is 0 Å². The monoisotopic (exact) mass is 311 g/mol. The molecule has 2 amide bonds. The van der Waals surface area contributed by atoms with Gasteiger partial charge in [-0.2, -0.15) is 10.2 Å². The third-order valence-electron chi connectivity index (χ3n) is 4.27. The van der Waals surface area contributed by atoms with Crippen LogP contribution in [0, 0.1) is 0 Å². The Morgan fingerprint density at radius 1 is 1.26 bits per heavy atom. The van der Waals surface area contributed by atoms with Crippen LogP contribution < -0.4 is 10.6 Å². The van der Waals surface area contributed by atoms with Crippen molar-refractivity contribution in [1.82, 2.24) is 20.4 Å². The third kappa shape index (κ3) is 4.04. The van der Waals surface area contributed by atoms with E-state index in [0.29, 0.717) is 11.7 Å². The van der Waals surface area contributed by atoms with E-state index in [1.807, 2.05) is 6.07 Å². The van der Waals surface area contributed by atoms with Gasteiger partial charge in [0, 0.05) is 25.2 Å². The van der Waals surface area contributed by atoms with Crippen molar-refractivity contribution < 1.29 is 4.79 Å². The minimum atomic E-state index is -0.198. The molecule has 6 heteroatoms. The lowest BCUT2D eigenvalue weighted by molar-refractivity contribution is 0.229. The predicted molar refractivity (Wildman–Crippen MR) is 88.9 cm³/mol. The summed E-state index contributed by atoms with van der Waals surface area (Å²) in [6, 6.07) is 12.4. The van der Waals surface area contributed by atoms with Gasteiger partial charge < -0.3 is 10.6 Å². The number of hydrogen-bond acceptors (Lipinski definition) is 4. The molecular weight excluding hydrogens is 290 g/mol. The molecule has 1 saturated heterocycles. The molecule has 0 radical (unpaired) electrons. The number of benzene rings is 1. The van der Waals surface area contributed by atoms with Crippen molar-refractivity contribution in [3.8, 4) is 0 Å². The summed E-state index contributed by atoms with van der Waals surface area (Å²) in [6.07, 6.45) is 4.03. The molecule has 1 aliphatic rings. The molecule has 0 spiro atoms. The normalized spacial score (nSPS) is 21.1. The van der Waals surface area contributed by atoms with Crippen molar-refractivity contribution in [2.24, 2.45) is 0 Å². The maximum Gasteiger partial charge on any atom is 0.319 e. The van der Waals surface area contributed by atoms with Crippen LogP contribution in [0.5, 0.6) is 0 Å². The molecule has 6 nitrogen and oxygen atoms in total. The van der Waals surface area contributed by atoms with Gasteiger partial charge in [0.2, 0.25) is 0 Å². The number of aromatic nitrogens is 2. The number of nitrogens with zero attached hydrogens (tertiary/aromatic N) is 3. The van der Waals surface area contributed by atoms with Crippen LogP contribution in [-0.2, 0) is 6.54 Å². The topological polar surface area (TPSA) is 70.1 Å². The highest BCUT2D eigenvalue weighted by Crippen LogP contribution is 2.20. The molecule has 0 unspecified atom stereocenters. The quantitative estimate of drug-likeness (QED) is 0.908. The Hall–Kier alpha value is -2.47. The molecular formula is C17H21N5O. The van der Waals surface area contributed by atoms with Crippen molar-refractivity contribution >= 4 is 11.7 Å². The Bertz CT molecular complexity index is 634. The van der Waals surface area contributed by atoms with Gasteiger partial charge >= 0.3 is 6.03 Å². The minimum Gasteiger partial charge on any atom is -0.334 e. The molecule has 0 aliphatic carbocycles. The SMILES string of the molecule is C[C@@H]1[C@@H](NC(=O)Nc2ccnnc2)CCN1Cc1ccccc1. The molecule has 1 aromatic heterocycles. The molecule has 2 heterocycles. The molecule has 2 aromatic rings. The van der Waals surface area contributed by atoms with E-state index in [1.54, 1.807) is 12.3 Å². The molecule has 3 rings (SSSR count). The smallest absolute Gasteiger partial charge is 0.319 e. The van der Waals surface area contributed by atoms with Crippen LogP contribution in [0.3, 0.4) is 0 Å². The van der Waals surface area contributed by atoms with Crippen molar-refractivity contribution in [1.29, 1.82) is 0 Å². The van der Waals surface area contributed by atoms with Crippen LogP contribution in [-0.4, -0.2) is 39.8 Å². The highest BCUT2D eigenvalue weighted by Gasteiger charge is 2.31. The number of carbonyl (C=O) groups excluding carboxylic acids is 1. The van der Waals surface area contributed by atoms with Gasteiger partial charge in [-0.15, -0.1) is 0 Å². The number of hydrogen-bond donors (Lipinski definition) is 2. The predicted octanol–water partition coefficient (Wildman–Crippen LogP) is 2.26. The summed E-state index contributed by atoms with van der Waals surface area (Å²) < 4.78 is 0. The van der Waals surface area contributed by atoms with Gasteiger partial charge in [-0.3, -0.25) is 4.90 Å². The van der Waals surface area contributed by atoms with Gasteiger partial charge in [0.15, 0.2) is 0 Å². The minimum absolute atomic E-state index is 0.147. The summed E-state index contributed by atoms with van der Waals surface area (Å²) in [5.74, 6) is 0. The van der Waals surface area contributed by atoms with Gasteiger partial charge in [0.25, 0.3) is 0 Å². The lowest BCUT2D eigenvalue weighted by Crippen LogP contribution is -2.44. The Morgan fingerprint density at radius 2 is 2.09 bits per heavy atom. The van der Waals surface area contributed by atoms with Gasteiger partial charge in [-0.1, -0.05) is 30.3 Å². The summed E-state index contributed by atoms with van der Waals surface area (Å²) in [7, 11) is 0. The van der Waals surface area contributed by atoms with E-state index in [4.69, 9.17) is 0 Å². The van der Waals surface area contributed by atoms with Crippen molar-refractivity contribution in [3.05, 3.63) is 54.4 Å². The first-order valence-corrected chi connectivity index (χ1v) is 7.84. The average molecular weight is 311 g/mol. The molecule has 2 N–H and O–H groups in total. The number of urea groups is 1. The average Bonchev–Trinajstić information content (AvgIpc) is 2.90. The molecule has 1 aliphatic heterocycles. The Morgan fingerprint density at radius 3 is 2.83 bits per heavy atom. The highest BCUT2D eigenvalue weighted by atomic mass is 16.2. The summed E-state index contributed by atoms with van der Waals surface area (Å²) in [6.45, 7) is 4.06. The standard InChI is InChI=1S/C17H21N5O/c1-13-16(21-17(23)20-15-7-9-18-19-11-15)8-10-22(13)12-14-5-3-2-4-6-14/h2-7,9,11,13,16H,8,10,12H2,1H3,(H2,18,20,21,23)/t13-,16+/m1/s1. The third-order valence-corrected chi connectivity index (χ3v) is 4.27. The zero-order chi connectivity index (χ0) is 16.1. The van der Waals surface area contributed by atoms with Crippen LogP contribution in [0.1, 0.15) is 18.9 Å². The van der Waals surface area contributed by atoms with Crippen molar-refractivity contribution in [3.63, 3.8) is 0 Å². The van der Waals surface area contributed by atoms with Gasteiger partial charge in [0.05, 0.1) is 18.1 Å². The van der Waals surface area contributed by atoms with E-state index in [9.17, 15) is 4.79 Å². The molecule has 0 bridgehead atoms. The Kier molecular flexibility index (Phi) is 4.83. The summed E-state index contributed by atoms with van der Waals surface area (Å²) in [5, 5.41) is 13.3. The Balaban J connectivity index is 1.52. The van der Waals surface area contributed by atoms with E-state index < -0.39 is 0 Å². The second-order valence-electron chi connectivity index (χ2n) is 5.82. The summed E-state index contributed by atoms with van der Waals surface area (Å²) in [4.78, 5) is 14.5. The molecule has 23 heavy (non-hydrogen) atoms. The molecule has 120 valence electrons. The Labute approximate surface area is 135 Å². The zero-order valence-electron chi connectivity index (χ0n) is 13.1. The first kappa shape index (κ1) is 15.4.